The number of rotatable bonds is 5. The van der Waals surface area contributed by atoms with Crippen molar-refractivity contribution in [3.63, 3.8) is 0 Å². The highest BCUT2D eigenvalue weighted by atomic mass is 35.5. The maximum atomic E-state index is 13.0. The fourth-order valence-electron chi connectivity index (χ4n) is 0.984. The van der Waals surface area contributed by atoms with Crippen LogP contribution >= 0.6 is 23.4 Å². The van der Waals surface area contributed by atoms with Gasteiger partial charge in [-0.15, -0.1) is 11.8 Å². The zero-order chi connectivity index (χ0) is 12.1. The van der Waals surface area contributed by atoms with Gasteiger partial charge < -0.3 is 5.11 Å². The molecule has 0 saturated heterocycles. The van der Waals surface area contributed by atoms with Crippen molar-refractivity contribution in [1.29, 1.82) is 0 Å². The first kappa shape index (κ1) is 13.0. The van der Waals surface area contributed by atoms with E-state index in [4.69, 9.17) is 16.7 Å². The third kappa shape index (κ3) is 3.83. The lowest BCUT2D eigenvalue weighted by atomic mass is 10.1. The number of aliphatic carboxylic acids is 1. The molecule has 0 spiro atoms. The van der Waals surface area contributed by atoms with Gasteiger partial charge in [-0.1, -0.05) is 11.6 Å². The Bertz CT molecular complexity index is 423. The summed E-state index contributed by atoms with van der Waals surface area (Å²) < 4.78 is 13.0. The van der Waals surface area contributed by atoms with E-state index in [0.29, 0.717) is 0 Å². The lowest BCUT2D eigenvalue weighted by molar-refractivity contribution is -0.133. The van der Waals surface area contributed by atoms with E-state index in [2.05, 4.69) is 0 Å². The second-order valence-corrected chi connectivity index (χ2v) is 4.33. The van der Waals surface area contributed by atoms with Crippen molar-refractivity contribution in [3.05, 3.63) is 34.6 Å². The number of carboxylic acids is 1. The summed E-state index contributed by atoms with van der Waals surface area (Å²) in [4.78, 5) is 21.7. The fourth-order valence-corrected chi connectivity index (χ4v) is 1.73. The molecule has 0 aliphatic rings. The molecule has 0 aliphatic heterocycles. The Labute approximate surface area is 101 Å². The average Bonchev–Trinajstić information content (AvgIpc) is 2.21. The second kappa shape index (κ2) is 5.86. The minimum Gasteiger partial charge on any atom is -0.481 e. The Morgan fingerprint density at radius 2 is 2.06 bits per heavy atom. The Balaban J connectivity index is 2.59. The molecule has 0 radical (unpaired) electrons. The van der Waals surface area contributed by atoms with Gasteiger partial charge in [0, 0.05) is 5.56 Å². The predicted molar refractivity (Wildman–Crippen MR) is 60.7 cm³/mol. The predicted octanol–water partition coefficient (Wildman–Crippen LogP) is 2.48. The second-order valence-electron chi connectivity index (χ2n) is 2.94. The normalized spacial score (nSPS) is 10.1. The quantitative estimate of drug-likeness (QED) is 0.829. The monoisotopic (exact) mass is 262 g/mol. The molecule has 0 atom stereocenters. The number of carbonyl (C=O) groups excluding carboxylic acids is 1. The summed E-state index contributed by atoms with van der Waals surface area (Å²) >= 11 is 6.43. The number of benzene rings is 1. The molecule has 1 rings (SSSR count). The zero-order valence-corrected chi connectivity index (χ0v) is 9.65. The SMILES string of the molecule is O=C(O)CSCC(=O)c1ccc(Cl)c(F)c1. The van der Waals surface area contributed by atoms with Crippen LogP contribution in [0.5, 0.6) is 0 Å². The molecular formula is C10H8ClFO3S. The van der Waals surface area contributed by atoms with Gasteiger partial charge in [-0.05, 0) is 18.2 Å². The van der Waals surface area contributed by atoms with Crippen LogP contribution in [0.4, 0.5) is 4.39 Å². The fraction of sp³-hybridized carbons (Fsp3) is 0.200. The van der Waals surface area contributed by atoms with E-state index in [-0.39, 0.29) is 27.9 Å². The number of halogens is 2. The standard InChI is InChI=1S/C10H8ClFO3S/c11-7-2-1-6(3-8(7)12)9(13)4-16-5-10(14)15/h1-3H,4-5H2,(H,14,15). The maximum Gasteiger partial charge on any atom is 0.313 e. The number of carboxylic acid groups (broad SMARTS) is 1. The highest BCUT2D eigenvalue weighted by molar-refractivity contribution is 8.00. The van der Waals surface area contributed by atoms with Crippen LogP contribution in [0.2, 0.25) is 5.02 Å². The van der Waals surface area contributed by atoms with Crippen LogP contribution in [0.25, 0.3) is 0 Å². The summed E-state index contributed by atoms with van der Waals surface area (Å²) in [6, 6.07) is 3.76. The van der Waals surface area contributed by atoms with E-state index in [1.807, 2.05) is 0 Å². The van der Waals surface area contributed by atoms with Gasteiger partial charge in [0.2, 0.25) is 0 Å². The van der Waals surface area contributed by atoms with Gasteiger partial charge in [-0.3, -0.25) is 9.59 Å². The Kier molecular flexibility index (Phi) is 4.76. The van der Waals surface area contributed by atoms with E-state index >= 15 is 0 Å². The average molecular weight is 263 g/mol. The molecule has 0 saturated carbocycles. The number of hydrogen-bond donors (Lipinski definition) is 1. The summed E-state index contributed by atoms with van der Waals surface area (Å²) in [6.45, 7) is 0. The summed E-state index contributed by atoms with van der Waals surface area (Å²) in [5, 5.41) is 8.32. The smallest absolute Gasteiger partial charge is 0.313 e. The van der Waals surface area contributed by atoms with Crippen LogP contribution < -0.4 is 0 Å². The van der Waals surface area contributed by atoms with Crippen LogP contribution in [0, 0.1) is 5.82 Å². The maximum absolute atomic E-state index is 13.0. The van der Waals surface area contributed by atoms with Gasteiger partial charge in [-0.25, -0.2) is 4.39 Å². The van der Waals surface area contributed by atoms with Crippen molar-refractivity contribution in [1.82, 2.24) is 0 Å². The lowest BCUT2D eigenvalue weighted by Gasteiger charge is -2.01. The van der Waals surface area contributed by atoms with Crippen molar-refractivity contribution in [3.8, 4) is 0 Å². The van der Waals surface area contributed by atoms with E-state index in [0.717, 1.165) is 17.8 Å². The van der Waals surface area contributed by atoms with Crippen molar-refractivity contribution in [2.45, 2.75) is 0 Å². The lowest BCUT2D eigenvalue weighted by Crippen LogP contribution is -2.06. The third-order valence-electron chi connectivity index (χ3n) is 1.70. The number of thioether (sulfide) groups is 1. The number of hydrogen-bond acceptors (Lipinski definition) is 3. The van der Waals surface area contributed by atoms with Crippen molar-refractivity contribution in [2.24, 2.45) is 0 Å². The minimum atomic E-state index is -0.986. The van der Waals surface area contributed by atoms with Gasteiger partial charge >= 0.3 is 5.97 Å². The van der Waals surface area contributed by atoms with Gasteiger partial charge in [0.1, 0.15) is 5.82 Å². The minimum absolute atomic E-state index is 0.00731. The molecule has 0 unspecified atom stereocenters. The summed E-state index contributed by atoms with van der Waals surface area (Å²) in [5.41, 5.74) is 0.194. The van der Waals surface area contributed by atoms with E-state index in [1.165, 1.54) is 12.1 Å². The largest absolute Gasteiger partial charge is 0.481 e. The van der Waals surface area contributed by atoms with E-state index in [1.54, 1.807) is 0 Å². The molecule has 0 fully saturated rings. The molecular weight excluding hydrogens is 255 g/mol. The summed E-state index contributed by atoms with van der Waals surface area (Å²) in [6.07, 6.45) is 0. The Hall–Kier alpha value is -1.07. The van der Waals surface area contributed by atoms with Crippen molar-refractivity contribution in [2.75, 3.05) is 11.5 Å². The highest BCUT2D eigenvalue weighted by Crippen LogP contribution is 2.17. The highest BCUT2D eigenvalue weighted by Gasteiger charge is 2.09. The topological polar surface area (TPSA) is 54.4 Å². The van der Waals surface area contributed by atoms with Gasteiger partial charge in [0.25, 0.3) is 0 Å². The molecule has 0 aliphatic carbocycles. The Morgan fingerprint density at radius 1 is 1.38 bits per heavy atom. The van der Waals surface area contributed by atoms with Crippen LogP contribution in [0.1, 0.15) is 10.4 Å². The Morgan fingerprint density at radius 3 is 2.62 bits per heavy atom. The molecule has 0 heterocycles. The molecule has 1 aromatic carbocycles. The first-order chi connectivity index (χ1) is 7.50. The number of Topliss-reactive ketones (excluding diaryl/α,β-unsaturated/α-hetero) is 1. The molecule has 1 aromatic rings. The van der Waals surface area contributed by atoms with Crippen molar-refractivity contribution >= 4 is 35.1 Å². The van der Waals surface area contributed by atoms with Crippen molar-refractivity contribution < 1.29 is 19.1 Å². The number of ketones is 1. The summed E-state index contributed by atoms with van der Waals surface area (Å²) in [7, 11) is 0. The van der Waals surface area contributed by atoms with E-state index in [9.17, 15) is 14.0 Å². The van der Waals surface area contributed by atoms with Gasteiger partial charge in [-0.2, -0.15) is 0 Å². The van der Waals surface area contributed by atoms with Crippen LogP contribution in [0.15, 0.2) is 18.2 Å². The van der Waals surface area contributed by atoms with Gasteiger partial charge in [0.15, 0.2) is 5.78 Å². The van der Waals surface area contributed by atoms with E-state index < -0.39 is 11.8 Å². The molecule has 1 N–H and O–H groups in total. The molecule has 3 nitrogen and oxygen atoms in total. The molecule has 86 valence electrons. The molecule has 16 heavy (non-hydrogen) atoms. The molecule has 0 amide bonds. The van der Waals surface area contributed by atoms with Crippen LogP contribution in [0.3, 0.4) is 0 Å². The van der Waals surface area contributed by atoms with Gasteiger partial charge in [0.05, 0.1) is 16.5 Å². The number of carbonyl (C=O) groups is 2. The molecule has 6 heteroatoms. The first-order valence-corrected chi connectivity index (χ1v) is 5.81. The third-order valence-corrected chi connectivity index (χ3v) is 2.92. The molecule has 0 aromatic heterocycles. The zero-order valence-electron chi connectivity index (χ0n) is 8.07. The summed E-state index contributed by atoms with van der Waals surface area (Å²) in [5.74, 6) is -2.10. The van der Waals surface area contributed by atoms with Crippen LogP contribution in [-0.4, -0.2) is 28.4 Å². The first-order valence-electron chi connectivity index (χ1n) is 4.28. The molecule has 0 bridgehead atoms. The van der Waals surface area contributed by atoms with Crippen LogP contribution in [-0.2, 0) is 4.79 Å².